The Morgan fingerprint density at radius 1 is 1.11 bits per heavy atom. The Labute approximate surface area is 171 Å². The first kappa shape index (κ1) is 21.7. The molecule has 0 unspecified atom stereocenters. The number of anilines is 1. The summed E-state index contributed by atoms with van der Waals surface area (Å²) < 4.78 is 0. The van der Waals surface area contributed by atoms with Crippen molar-refractivity contribution in [3.63, 3.8) is 0 Å². The first-order valence-corrected chi connectivity index (χ1v) is 8.92. The van der Waals surface area contributed by atoms with Crippen molar-refractivity contribution in [2.45, 2.75) is 6.54 Å². The zero-order chi connectivity index (χ0) is 19.4. The fraction of sp³-hybridized carbons (Fsp3) is 0.350. The Morgan fingerprint density at radius 2 is 1.82 bits per heavy atom. The predicted octanol–water partition coefficient (Wildman–Crippen LogP) is 2.23. The number of piperazine rings is 1. The Hall–Kier alpha value is -2.64. The van der Waals surface area contributed by atoms with E-state index in [9.17, 15) is 14.7 Å². The van der Waals surface area contributed by atoms with Gasteiger partial charge in [0.25, 0.3) is 5.91 Å². The molecule has 28 heavy (non-hydrogen) atoms. The van der Waals surface area contributed by atoms with Gasteiger partial charge in [-0.2, -0.15) is 0 Å². The molecular formula is C20H25ClN4O3. The highest BCUT2D eigenvalue weighted by atomic mass is 35.5. The maximum Gasteiger partial charge on any atom is 0.339 e. The van der Waals surface area contributed by atoms with E-state index in [4.69, 9.17) is 0 Å². The van der Waals surface area contributed by atoms with Gasteiger partial charge in [0.1, 0.15) is 11.4 Å². The Balaban J connectivity index is 0.00000280. The number of rotatable bonds is 5. The van der Waals surface area contributed by atoms with Crippen molar-refractivity contribution in [2.24, 2.45) is 0 Å². The van der Waals surface area contributed by atoms with Crippen LogP contribution in [0.15, 0.2) is 42.6 Å². The van der Waals surface area contributed by atoms with Crippen LogP contribution in [0.2, 0.25) is 0 Å². The van der Waals surface area contributed by atoms with E-state index in [1.54, 1.807) is 37.3 Å². The fourth-order valence-corrected chi connectivity index (χ4v) is 3.25. The first-order chi connectivity index (χ1) is 13.0. The van der Waals surface area contributed by atoms with Crippen molar-refractivity contribution in [2.75, 3.05) is 45.2 Å². The number of amides is 1. The molecule has 0 saturated carbocycles. The third-order valence-electron chi connectivity index (χ3n) is 4.68. The van der Waals surface area contributed by atoms with Gasteiger partial charge in [-0.15, -0.1) is 12.4 Å². The summed E-state index contributed by atoms with van der Waals surface area (Å²) in [4.78, 5) is 33.7. The average molecular weight is 405 g/mol. The average Bonchev–Trinajstić information content (AvgIpc) is 2.68. The quantitative estimate of drug-likeness (QED) is 0.823. The standard InChI is InChI=1S/C20H24N4O3.ClH/c1-22(2)19(25)16-6-3-5-15(13-16)14-23-9-11-24(12-10-23)18-17(20(26)27)7-4-8-21-18;/h3-8,13H,9-12,14H2,1-2H3,(H,26,27);1H. The van der Waals surface area contributed by atoms with Crippen LogP contribution in [-0.2, 0) is 6.54 Å². The largest absolute Gasteiger partial charge is 0.478 e. The smallest absolute Gasteiger partial charge is 0.339 e. The highest BCUT2D eigenvalue weighted by Gasteiger charge is 2.22. The van der Waals surface area contributed by atoms with Crippen LogP contribution in [-0.4, -0.2) is 72.0 Å². The monoisotopic (exact) mass is 404 g/mol. The molecule has 0 aliphatic carbocycles. The number of aromatic nitrogens is 1. The number of carboxylic acids is 1. The topological polar surface area (TPSA) is 77.0 Å². The minimum Gasteiger partial charge on any atom is -0.478 e. The molecule has 3 rings (SSSR count). The summed E-state index contributed by atoms with van der Waals surface area (Å²) in [6.45, 7) is 3.81. The lowest BCUT2D eigenvalue weighted by Gasteiger charge is -2.35. The maximum absolute atomic E-state index is 12.1. The number of pyridine rings is 1. The molecule has 0 spiro atoms. The van der Waals surface area contributed by atoms with Crippen LogP contribution < -0.4 is 4.90 Å². The molecule has 1 fully saturated rings. The third-order valence-corrected chi connectivity index (χ3v) is 4.68. The Kier molecular flexibility index (Phi) is 7.37. The minimum absolute atomic E-state index is 0. The first-order valence-electron chi connectivity index (χ1n) is 8.92. The lowest BCUT2D eigenvalue weighted by Crippen LogP contribution is -2.46. The number of carbonyl (C=O) groups is 2. The van der Waals surface area contributed by atoms with Crippen LogP contribution in [0.1, 0.15) is 26.3 Å². The summed E-state index contributed by atoms with van der Waals surface area (Å²) in [7, 11) is 3.49. The van der Waals surface area contributed by atoms with Crippen molar-refractivity contribution < 1.29 is 14.7 Å². The fourth-order valence-electron chi connectivity index (χ4n) is 3.25. The van der Waals surface area contributed by atoms with Crippen LogP contribution in [0.3, 0.4) is 0 Å². The number of nitrogens with zero attached hydrogens (tertiary/aromatic N) is 4. The lowest BCUT2D eigenvalue weighted by atomic mass is 10.1. The number of carboxylic acid groups (broad SMARTS) is 1. The van der Waals surface area contributed by atoms with Crippen molar-refractivity contribution in [1.29, 1.82) is 0 Å². The lowest BCUT2D eigenvalue weighted by molar-refractivity contribution is 0.0696. The minimum atomic E-state index is -0.956. The molecule has 1 N–H and O–H groups in total. The van der Waals surface area contributed by atoms with E-state index in [0.29, 0.717) is 24.5 Å². The van der Waals surface area contributed by atoms with Crippen LogP contribution in [0.25, 0.3) is 0 Å². The van der Waals surface area contributed by atoms with E-state index >= 15 is 0 Å². The molecule has 2 heterocycles. The number of aromatic carboxylic acids is 1. The van der Waals surface area contributed by atoms with E-state index in [1.807, 2.05) is 29.2 Å². The van der Waals surface area contributed by atoms with Gasteiger partial charge in [-0.3, -0.25) is 9.69 Å². The summed E-state index contributed by atoms with van der Waals surface area (Å²) in [5, 5.41) is 9.34. The molecule has 8 heteroatoms. The summed E-state index contributed by atoms with van der Waals surface area (Å²) in [6.07, 6.45) is 1.63. The maximum atomic E-state index is 12.1. The van der Waals surface area contributed by atoms with Gasteiger partial charge < -0.3 is 14.9 Å². The van der Waals surface area contributed by atoms with E-state index in [0.717, 1.165) is 25.2 Å². The van der Waals surface area contributed by atoms with E-state index < -0.39 is 5.97 Å². The van der Waals surface area contributed by atoms with Gasteiger partial charge in [0.05, 0.1) is 0 Å². The molecule has 1 aliphatic heterocycles. The molecule has 1 aromatic heterocycles. The molecule has 1 aliphatic rings. The Bertz CT molecular complexity index is 836. The number of benzene rings is 1. The molecule has 0 radical (unpaired) electrons. The normalized spacial score (nSPS) is 14.3. The summed E-state index contributed by atoms with van der Waals surface area (Å²) in [5.74, 6) is -0.427. The van der Waals surface area contributed by atoms with Crippen molar-refractivity contribution >= 4 is 30.1 Å². The SMILES string of the molecule is CN(C)C(=O)c1cccc(CN2CCN(c3ncccc3C(=O)O)CC2)c1.Cl. The molecule has 7 nitrogen and oxygen atoms in total. The predicted molar refractivity (Wildman–Crippen MR) is 110 cm³/mol. The zero-order valence-electron chi connectivity index (χ0n) is 16.0. The van der Waals surface area contributed by atoms with Gasteiger partial charge in [0.2, 0.25) is 0 Å². The Morgan fingerprint density at radius 3 is 2.46 bits per heavy atom. The number of hydrogen-bond donors (Lipinski definition) is 1. The van der Waals surface area contributed by atoms with Gasteiger partial charge in [0, 0.05) is 58.6 Å². The summed E-state index contributed by atoms with van der Waals surface area (Å²) in [6, 6.07) is 10.9. The molecule has 0 atom stereocenters. The van der Waals surface area contributed by atoms with Crippen LogP contribution in [0.4, 0.5) is 5.82 Å². The van der Waals surface area contributed by atoms with Crippen LogP contribution in [0, 0.1) is 0 Å². The number of halogens is 1. The summed E-state index contributed by atoms with van der Waals surface area (Å²) >= 11 is 0. The molecule has 0 bridgehead atoms. The van der Waals surface area contributed by atoms with E-state index in [-0.39, 0.29) is 23.9 Å². The molecule has 150 valence electrons. The molecule has 1 saturated heterocycles. The van der Waals surface area contributed by atoms with Gasteiger partial charge in [-0.25, -0.2) is 9.78 Å². The van der Waals surface area contributed by atoms with Crippen molar-refractivity contribution in [3.8, 4) is 0 Å². The second-order valence-electron chi connectivity index (χ2n) is 6.84. The number of hydrogen-bond acceptors (Lipinski definition) is 5. The highest BCUT2D eigenvalue weighted by Crippen LogP contribution is 2.20. The second kappa shape index (κ2) is 9.52. The van der Waals surface area contributed by atoms with E-state index in [1.165, 1.54) is 0 Å². The van der Waals surface area contributed by atoms with Gasteiger partial charge in [0.15, 0.2) is 0 Å². The zero-order valence-corrected chi connectivity index (χ0v) is 16.9. The molecular weight excluding hydrogens is 380 g/mol. The van der Waals surface area contributed by atoms with Gasteiger partial charge in [-0.1, -0.05) is 12.1 Å². The van der Waals surface area contributed by atoms with E-state index in [2.05, 4.69) is 9.88 Å². The summed E-state index contributed by atoms with van der Waals surface area (Å²) in [5.41, 5.74) is 2.02. The van der Waals surface area contributed by atoms with Crippen LogP contribution >= 0.6 is 12.4 Å². The van der Waals surface area contributed by atoms with Gasteiger partial charge in [-0.05, 0) is 29.8 Å². The molecule has 1 aromatic carbocycles. The third kappa shape index (κ3) is 4.99. The highest BCUT2D eigenvalue weighted by molar-refractivity contribution is 5.94. The van der Waals surface area contributed by atoms with Crippen LogP contribution in [0.5, 0.6) is 0 Å². The van der Waals surface area contributed by atoms with Crippen molar-refractivity contribution in [3.05, 3.63) is 59.3 Å². The van der Waals surface area contributed by atoms with Gasteiger partial charge >= 0.3 is 5.97 Å². The number of carbonyl (C=O) groups excluding carboxylic acids is 1. The molecule has 1 amide bonds. The molecule has 2 aromatic rings. The van der Waals surface area contributed by atoms with Crippen molar-refractivity contribution in [1.82, 2.24) is 14.8 Å². The second-order valence-corrected chi connectivity index (χ2v) is 6.84.